The standard InChI is InChI=1S/C14H20N2O2/c1-18-14(17)12-6-5-11(9-13(12)15)10-16-7-3-2-4-8-16/h5-6,9H,2-4,7-8,10,15H2,1H3. The Bertz CT molecular complexity index is 426. The maximum atomic E-state index is 11.4. The zero-order valence-electron chi connectivity index (χ0n) is 10.8. The Kier molecular flexibility index (Phi) is 4.20. The fourth-order valence-electron chi connectivity index (χ4n) is 2.38. The molecule has 1 fully saturated rings. The van der Waals surface area contributed by atoms with Gasteiger partial charge in [-0.1, -0.05) is 12.5 Å². The molecule has 0 amide bonds. The summed E-state index contributed by atoms with van der Waals surface area (Å²) in [7, 11) is 1.36. The van der Waals surface area contributed by atoms with E-state index in [0.717, 1.165) is 25.2 Å². The minimum atomic E-state index is -0.378. The van der Waals surface area contributed by atoms with Crippen LogP contribution in [-0.4, -0.2) is 31.1 Å². The first-order valence-electron chi connectivity index (χ1n) is 6.40. The Morgan fingerprint density at radius 3 is 2.67 bits per heavy atom. The summed E-state index contributed by atoms with van der Waals surface area (Å²) in [5.74, 6) is -0.378. The van der Waals surface area contributed by atoms with Gasteiger partial charge in [-0.15, -0.1) is 0 Å². The zero-order valence-corrected chi connectivity index (χ0v) is 10.8. The lowest BCUT2D eigenvalue weighted by Crippen LogP contribution is -2.29. The SMILES string of the molecule is COC(=O)c1ccc(CN2CCCCC2)cc1N. The smallest absolute Gasteiger partial charge is 0.339 e. The van der Waals surface area contributed by atoms with E-state index in [1.807, 2.05) is 12.1 Å². The van der Waals surface area contributed by atoms with Crippen molar-refractivity contribution in [1.29, 1.82) is 0 Å². The summed E-state index contributed by atoms with van der Waals surface area (Å²) in [4.78, 5) is 13.8. The highest BCUT2D eigenvalue weighted by Crippen LogP contribution is 2.18. The third-order valence-electron chi connectivity index (χ3n) is 3.38. The van der Waals surface area contributed by atoms with Crippen LogP contribution in [0.2, 0.25) is 0 Å². The minimum Gasteiger partial charge on any atom is -0.465 e. The third-order valence-corrected chi connectivity index (χ3v) is 3.38. The number of hydrogen-bond donors (Lipinski definition) is 1. The van der Waals surface area contributed by atoms with Crippen LogP contribution >= 0.6 is 0 Å². The Balaban J connectivity index is 2.06. The molecule has 1 heterocycles. The number of nitrogen functional groups attached to an aromatic ring is 1. The molecule has 1 aliphatic heterocycles. The first kappa shape index (κ1) is 12.9. The van der Waals surface area contributed by atoms with Crippen LogP contribution in [0.3, 0.4) is 0 Å². The van der Waals surface area contributed by atoms with E-state index in [2.05, 4.69) is 9.64 Å². The summed E-state index contributed by atoms with van der Waals surface area (Å²) in [6.07, 6.45) is 3.88. The number of rotatable bonds is 3. The molecule has 18 heavy (non-hydrogen) atoms. The summed E-state index contributed by atoms with van der Waals surface area (Å²) < 4.78 is 4.68. The number of ether oxygens (including phenoxy) is 1. The topological polar surface area (TPSA) is 55.6 Å². The van der Waals surface area contributed by atoms with E-state index in [9.17, 15) is 4.79 Å². The van der Waals surface area contributed by atoms with Crippen molar-refractivity contribution in [3.8, 4) is 0 Å². The molecule has 1 saturated heterocycles. The highest BCUT2D eigenvalue weighted by atomic mass is 16.5. The Hall–Kier alpha value is -1.55. The van der Waals surface area contributed by atoms with Crippen LogP contribution in [0, 0.1) is 0 Å². The van der Waals surface area contributed by atoms with E-state index in [0.29, 0.717) is 11.3 Å². The van der Waals surface area contributed by atoms with Gasteiger partial charge in [-0.2, -0.15) is 0 Å². The molecule has 2 rings (SSSR count). The number of carbonyl (C=O) groups excluding carboxylic acids is 1. The lowest BCUT2D eigenvalue weighted by molar-refractivity contribution is 0.0602. The van der Waals surface area contributed by atoms with Crippen LogP contribution < -0.4 is 5.73 Å². The van der Waals surface area contributed by atoms with E-state index >= 15 is 0 Å². The van der Waals surface area contributed by atoms with Crippen molar-refractivity contribution < 1.29 is 9.53 Å². The second-order valence-electron chi connectivity index (χ2n) is 4.75. The van der Waals surface area contributed by atoms with Gasteiger partial charge in [0.15, 0.2) is 0 Å². The van der Waals surface area contributed by atoms with Crippen LogP contribution in [0.1, 0.15) is 35.2 Å². The fourth-order valence-corrected chi connectivity index (χ4v) is 2.38. The molecule has 98 valence electrons. The normalized spacial score (nSPS) is 16.5. The minimum absolute atomic E-state index is 0.378. The van der Waals surface area contributed by atoms with Crippen molar-refractivity contribution in [1.82, 2.24) is 4.90 Å². The average molecular weight is 248 g/mol. The Morgan fingerprint density at radius 1 is 1.33 bits per heavy atom. The number of anilines is 1. The molecule has 1 aromatic rings. The molecule has 0 aliphatic carbocycles. The highest BCUT2D eigenvalue weighted by Gasteiger charge is 2.13. The van der Waals surface area contributed by atoms with E-state index in [1.165, 1.54) is 26.4 Å². The first-order valence-corrected chi connectivity index (χ1v) is 6.40. The molecule has 1 aliphatic rings. The summed E-state index contributed by atoms with van der Waals surface area (Å²) in [5, 5.41) is 0. The van der Waals surface area contributed by atoms with Gasteiger partial charge in [0.25, 0.3) is 0 Å². The van der Waals surface area contributed by atoms with Gasteiger partial charge < -0.3 is 10.5 Å². The molecule has 4 heteroatoms. The lowest BCUT2D eigenvalue weighted by atomic mass is 10.1. The van der Waals surface area contributed by atoms with Crippen LogP contribution in [0.5, 0.6) is 0 Å². The molecule has 0 aromatic heterocycles. The maximum absolute atomic E-state index is 11.4. The predicted octanol–water partition coefficient (Wildman–Crippen LogP) is 2.04. The number of nitrogens with two attached hydrogens (primary N) is 1. The molecule has 1 aromatic carbocycles. The molecule has 0 unspecified atom stereocenters. The number of carbonyl (C=O) groups is 1. The Labute approximate surface area is 108 Å². The summed E-state index contributed by atoms with van der Waals surface area (Å²) in [5.41, 5.74) is 7.98. The van der Waals surface area contributed by atoms with Gasteiger partial charge in [-0.3, -0.25) is 4.90 Å². The number of likely N-dealkylation sites (tertiary alicyclic amines) is 1. The predicted molar refractivity (Wildman–Crippen MR) is 71.3 cm³/mol. The van der Waals surface area contributed by atoms with Gasteiger partial charge in [0.05, 0.1) is 12.7 Å². The van der Waals surface area contributed by atoms with Gasteiger partial charge in [0, 0.05) is 12.2 Å². The first-order chi connectivity index (χ1) is 8.70. The Morgan fingerprint density at radius 2 is 2.06 bits per heavy atom. The van der Waals surface area contributed by atoms with E-state index in [4.69, 9.17) is 5.73 Å². The summed E-state index contributed by atoms with van der Waals surface area (Å²) >= 11 is 0. The maximum Gasteiger partial charge on any atom is 0.339 e. The van der Waals surface area contributed by atoms with Crippen molar-refractivity contribution in [2.24, 2.45) is 0 Å². The fraction of sp³-hybridized carbons (Fsp3) is 0.500. The van der Waals surface area contributed by atoms with Gasteiger partial charge in [-0.25, -0.2) is 4.79 Å². The molecule has 0 bridgehead atoms. The monoisotopic (exact) mass is 248 g/mol. The van der Waals surface area contributed by atoms with Gasteiger partial charge in [0.2, 0.25) is 0 Å². The molecule has 2 N–H and O–H groups in total. The molecule has 0 spiro atoms. The van der Waals surface area contributed by atoms with Crippen molar-refractivity contribution in [2.45, 2.75) is 25.8 Å². The third kappa shape index (κ3) is 3.01. The van der Waals surface area contributed by atoms with Gasteiger partial charge >= 0.3 is 5.97 Å². The summed E-state index contributed by atoms with van der Waals surface area (Å²) in [6, 6.07) is 5.58. The van der Waals surface area contributed by atoms with Crippen LogP contribution in [0.15, 0.2) is 18.2 Å². The number of esters is 1. The highest BCUT2D eigenvalue weighted by molar-refractivity contribution is 5.95. The molecule has 0 saturated carbocycles. The molecule has 4 nitrogen and oxygen atoms in total. The number of methoxy groups -OCH3 is 1. The molecule has 0 atom stereocenters. The lowest BCUT2D eigenvalue weighted by Gasteiger charge is -2.26. The average Bonchev–Trinajstić information content (AvgIpc) is 2.39. The van der Waals surface area contributed by atoms with Gasteiger partial charge in [-0.05, 0) is 43.6 Å². The van der Waals surface area contributed by atoms with Crippen LogP contribution in [-0.2, 0) is 11.3 Å². The second kappa shape index (κ2) is 5.87. The van der Waals surface area contributed by atoms with Crippen molar-refractivity contribution in [3.63, 3.8) is 0 Å². The van der Waals surface area contributed by atoms with Crippen LogP contribution in [0.4, 0.5) is 5.69 Å². The molecular weight excluding hydrogens is 228 g/mol. The van der Waals surface area contributed by atoms with Crippen molar-refractivity contribution in [3.05, 3.63) is 29.3 Å². The quantitative estimate of drug-likeness (QED) is 0.657. The molecule has 0 radical (unpaired) electrons. The number of hydrogen-bond acceptors (Lipinski definition) is 4. The zero-order chi connectivity index (χ0) is 13.0. The second-order valence-corrected chi connectivity index (χ2v) is 4.75. The number of benzene rings is 1. The largest absolute Gasteiger partial charge is 0.465 e. The van der Waals surface area contributed by atoms with E-state index < -0.39 is 0 Å². The van der Waals surface area contributed by atoms with Crippen LogP contribution in [0.25, 0.3) is 0 Å². The van der Waals surface area contributed by atoms with E-state index in [-0.39, 0.29) is 5.97 Å². The van der Waals surface area contributed by atoms with Gasteiger partial charge in [0.1, 0.15) is 0 Å². The number of piperidine rings is 1. The van der Waals surface area contributed by atoms with E-state index in [1.54, 1.807) is 6.07 Å². The summed E-state index contributed by atoms with van der Waals surface area (Å²) in [6.45, 7) is 3.21. The van der Waals surface area contributed by atoms with Crippen molar-refractivity contribution in [2.75, 3.05) is 25.9 Å². The van der Waals surface area contributed by atoms with Crippen molar-refractivity contribution >= 4 is 11.7 Å². The molecular formula is C14H20N2O2. The number of nitrogens with zero attached hydrogens (tertiary/aromatic N) is 1.